The molecular weight excluding hydrogens is 170 g/mol. The summed E-state index contributed by atoms with van der Waals surface area (Å²) in [4.78, 5) is 0. The fourth-order valence-electron chi connectivity index (χ4n) is 0.703. The second-order valence-corrected chi connectivity index (χ2v) is 3.08. The molecule has 74 valence electrons. The molecule has 0 radical (unpaired) electrons. The summed E-state index contributed by atoms with van der Waals surface area (Å²) in [6.45, 7) is 16.9. The van der Waals surface area contributed by atoms with E-state index >= 15 is 0 Å². The first-order valence-corrected chi connectivity index (χ1v) is 4.28. The molecule has 0 atom stereocenters. The molecule has 2 N–H and O–H groups in total. The summed E-state index contributed by atoms with van der Waals surface area (Å²) in [7, 11) is 0. The van der Waals surface area contributed by atoms with E-state index in [-0.39, 0.29) is 0 Å². The molecule has 0 fully saturated rings. The number of allylic oxidation sites excluding steroid dienone is 7. The Morgan fingerprint density at radius 1 is 1.07 bits per heavy atom. The lowest BCUT2D eigenvalue weighted by Crippen LogP contribution is -1.93. The predicted molar refractivity (Wildman–Crippen MR) is 64.7 cm³/mol. The van der Waals surface area contributed by atoms with Crippen molar-refractivity contribution in [3.05, 3.63) is 73.0 Å². The Bertz CT molecular complexity index is 327. The minimum absolute atomic E-state index is 0.583. The molecule has 0 amide bonds. The third kappa shape index (κ3) is 4.99. The van der Waals surface area contributed by atoms with Crippen molar-refractivity contribution in [1.82, 2.24) is 0 Å². The van der Waals surface area contributed by atoms with Crippen molar-refractivity contribution in [1.29, 1.82) is 0 Å². The van der Waals surface area contributed by atoms with Crippen LogP contribution >= 0.6 is 0 Å². The fourth-order valence-corrected chi connectivity index (χ4v) is 0.703. The molecular formula is C13H17N. The third-order valence-electron chi connectivity index (χ3n) is 1.56. The molecule has 0 unspecified atom stereocenters. The van der Waals surface area contributed by atoms with Crippen molar-refractivity contribution >= 4 is 0 Å². The molecule has 1 nitrogen and oxygen atoms in total. The van der Waals surface area contributed by atoms with Crippen LogP contribution in [-0.4, -0.2) is 0 Å². The van der Waals surface area contributed by atoms with Crippen LogP contribution in [0.5, 0.6) is 0 Å². The van der Waals surface area contributed by atoms with Crippen molar-refractivity contribution in [3.8, 4) is 0 Å². The minimum Gasteiger partial charge on any atom is -0.399 e. The van der Waals surface area contributed by atoms with Gasteiger partial charge in [0.15, 0.2) is 0 Å². The smallest absolute Gasteiger partial charge is 0.0314 e. The van der Waals surface area contributed by atoms with Crippen LogP contribution in [0, 0.1) is 0 Å². The Balaban J connectivity index is 4.50. The molecule has 0 bridgehead atoms. The number of hydrogen-bond acceptors (Lipinski definition) is 1. The van der Waals surface area contributed by atoms with Crippen molar-refractivity contribution in [2.24, 2.45) is 5.73 Å². The first-order chi connectivity index (χ1) is 6.47. The summed E-state index contributed by atoms with van der Waals surface area (Å²) in [6, 6.07) is 0. The first-order valence-electron chi connectivity index (χ1n) is 4.28. The summed E-state index contributed by atoms with van der Waals surface area (Å²) in [6.07, 6.45) is 7.04. The highest BCUT2D eigenvalue weighted by Gasteiger charge is 1.92. The van der Waals surface area contributed by atoms with Gasteiger partial charge in [0.25, 0.3) is 0 Å². The van der Waals surface area contributed by atoms with Crippen LogP contribution in [-0.2, 0) is 0 Å². The second kappa shape index (κ2) is 5.81. The van der Waals surface area contributed by atoms with Gasteiger partial charge in [-0.2, -0.15) is 0 Å². The maximum absolute atomic E-state index is 5.57. The van der Waals surface area contributed by atoms with Crippen LogP contribution in [0.15, 0.2) is 73.0 Å². The number of rotatable bonds is 5. The molecule has 0 aliphatic rings. The van der Waals surface area contributed by atoms with Crippen molar-refractivity contribution < 1.29 is 0 Å². The average Bonchev–Trinajstić information content (AvgIpc) is 2.13. The van der Waals surface area contributed by atoms with E-state index in [4.69, 9.17) is 5.73 Å². The molecule has 0 aromatic rings. The summed E-state index contributed by atoms with van der Waals surface area (Å²) in [5.74, 6) is 0. The molecule has 0 saturated heterocycles. The molecule has 0 aliphatic carbocycles. The van der Waals surface area contributed by atoms with E-state index in [0.717, 1.165) is 16.7 Å². The molecule has 0 heterocycles. The van der Waals surface area contributed by atoms with E-state index in [1.165, 1.54) is 0 Å². The Labute approximate surface area is 86.3 Å². The standard InChI is InChI=1S/C13H17N/c1-6-13(14)9-12(5)11(4)8-7-10(2)3/h6-9H,1-2,4-5,14H2,3H3/b8-7-,13-9+. The monoisotopic (exact) mass is 187 g/mol. The summed E-state index contributed by atoms with van der Waals surface area (Å²) in [5, 5.41) is 0. The minimum atomic E-state index is 0.583. The molecule has 0 aromatic heterocycles. The van der Waals surface area contributed by atoms with Gasteiger partial charge in [0.1, 0.15) is 0 Å². The van der Waals surface area contributed by atoms with Crippen molar-refractivity contribution in [2.75, 3.05) is 0 Å². The highest BCUT2D eigenvalue weighted by atomic mass is 14.5. The van der Waals surface area contributed by atoms with E-state index in [0.29, 0.717) is 5.70 Å². The van der Waals surface area contributed by atoms with Gasteiger partial charge in [-0.15, -0.1) is 0 Å². The van der Waals surface area contributed by atoms with Gasteiger partial charge in [0.05, 0.1) is 0 Å². The molecule has 0 saturated carbocycles. The largest absolute Gasteiger partial charge is 0.399 e. The van der Waals surface area contributed by atoms with Crippen LogP contribution in [0.1, 0.15) is 6.92 Å². The molecule has 14 heavy (non-hydrogen) atoms. The van der Waals surface area contributed by atoms with Crippen LogP contribution in [0.2, 0.25) is 0 Å². The maximum atomic E-state index is 5.57. The summed E-state index contributed by atoms with van der Waals surface area (Å²) in [5.41, 5.74) is 8.72. The second-order valence-electron chi connectivity index (χ2n) is 3.08. The third-order valence-corrected chi connectivity index (χ3v) is 1.56. The molecule has 0 aliphatic heterocycles. The van der Waals surface area contributed by atoms with Crippen LogP contribution in [0.3, 0.4) is 0 Å². The van der Waals surface area contributed by atoms with E-state index in [1.54, 1.807) is 12.2 Å². The Hall–Kier alpha value is -1.76. The fraction of sp³-hybridized carbons (Fsp3) is 0.0769. The summed E-state index contributed by atoms with van der Waals surface area (Å²) < 4.78 is 0. The summed E-state index contributed by atoms with van der Waals surface area (Å²) >= 11 is 0. The van der Waals surface area contributed by atoms with Gasteiger partial charge in [-0.3, -0.25) is 0 Å². The number of hydrogen-bond donors (Lipinski definition) is 1. The lowest BCUT2D eigenvalue weighted by atomic mass is 10.1. The van der Waals surface area contributed by atoms with Crippen molar-refractivity contribution in [3.63, 3.8) is 0 Å². The Kier molecular flexibility index (Phi) is 5.08. The van der Waals surface area contributed by atoms with Gasteiger partial charge >= 0.3 is 0 Å². The first kappa shape index (κ1) is 12.2. The zero-order valence-electron chi connectivity index (χ0n) is 8.72. The van der Waals surface area contributed by atoms with Gasteiger partial charge in [-0.25, -0.2) is 0 Å². The van der Waals surface area contributed by atoms with Crippen LogP contribution in [0.25, 0.3) is 0 Å². The van der Waals surface area contributed by atoms with Crippen LogP contribution in [0.4, 0.5) is 0 Å². The lowest BCUT2D eigenvalue weighted by Gasteiger charge is -2.00. The topological polar surface area (TPSA) is 26.0 Å². The molecule has 1 heteroatoms. The van der Waals surface area contributed by atoms with Crippen LogP contribution < -0.4 is 5.73 Å². The van der Waals surface area contributed by atoms with Gasteiger partial charge in [0, 0.05) is 5.70 Å². The quantitative estimate of drug-likeness (QED) is 0.657. The van der Waals surface area contributed by atoms with E-state index in [1.807, 2.05) is 19.1 Å². The number of nitrogens with two attached hydrogens (primary N) is 1. The Morgan fingerprint density at radius 2 is 1.64 bits per heavy atom. The highest BCUT2D eigenvalue weighted by Crippen LogP contribution is 2.10. The molecule has 0 aromatic carbocycles. The van der Waals surface area contributed by atoms with E-state index in [2.05, 4.69) is 26.3 Å². The van der Waals surface area contributed by atoms with E-state index < -0.39 is 0 Å². The van der Waals surface area contributed by atoms with E-state index in [9.17, 15) is 0 Å². The van der Waals surface area contributed by atoms with Gasteiger partial charge in [-0.1, -0.05) is 44.0 Å². The van der Waals surface area contributed by atoms with Gasteiger partial charge in [0.2, 0.25) is 0 Å². The average molecular weight is 187 g/mol. The normalized spacial score (nSPS) is 11.4. The zero-order chi connectivity index (χ0) is 11.1. The molecule has 0 spiro atoms. The van der Waals surface area contributed by atoms with Crippen molar-refractivity contribution in [2.45, 2.75) is 6.92 Å². The lowest BCUT2D eigenvalue weighted by molar-refractivity contribution is 1.40. The Morgan fingerprint density at radius 3 is 2.07 bits per heavy atom. The molecule has 0 rings (SSSR count). The van der Waals surface area contributed by atoms with Gasteiger partial charge in [-0.05, 0) is 30.2 Å². The highest BCUT2D eigenvalue weighted by molar-refractivity contribution is 5.45. The SMILES string of the molecule is C=C/C(N)=C\C(=C)C(=C)/C=C\C(=C)C. The maximum Gasteiger partial charge on any atom is 0.0314 e. The predicted octanol–water partition coefficient (Wildman–Crippen LogP) is 3.26. The van der Waals surface area contributed by atoms with Gasteiger partial charge < -0.3 is 5.73 Å². The zero-order valence-corrected chi connectivity index (χ0v) is 8.72.